The molecule has 5 aromatic rings. The first-order valence-corrected chi connectivity index (χ1v) is 10.2. The molecular formula is C25H20N4O3. The van der Waals surface area contributed by atoms with Crippen LogP contribution in [0.15, 0.2) is 86.9 Å². The minimum Gasteiger partial charge on any atom is -0.441 e. The number of pyridine rings is 1. The van der Waals surface area contributed by atoms with E-state index < -0.39 is 11.2 Å². The third kappa shape index (κ3) is 3.33. The molecule has 0 aliphatic rings. The Labute approximate surface area is 183 Å². The predicted octanol–water partition coefficient (Wildman–Crippen LogP) is 3.87. The first-order valence-electron chi connectivity index (χ1n) is 10.2. The molecule has 0 saturated heterocycles. The number of hydrogen-bond acceptors (Lipinski definition) is 5. The lowest BCUT2D eigenvalue weighted by molar-refractivity contribution is 0.536. The fourth-order valence-electron chi connectivity index (χ4n) is 3.76. The van der Waals surface area contributed by atoms with Gasteiger partial charge in [0.25, 0.3) is 5.56 Å². The zero-order valence-electron chi connectivity index (χ0n) is 17.6. The van der Waals surface area contributed by atoms with Gasteiger partial charge in [0.1, 0.15) is 11.5 Å². The molecule has 0 N–H and O–H groups in total. The maximum atomic E-state index is 13.5. The van der Waals surface area contributed by atoms with Crippen LogP contribution < -0.4 is 11.2 Å². The molecule has 0 unspecified atom stereocenters. The van der Waals surface area contributed by atoms with Gasteiger partial charge in [0.15, 0.2) is 5.65 Å². The molecule has 3 aromatic heterocycles. The first kappa shape index (κ1) is 19.7. The summed E-state index contributed by atoms with van der Waals surface area (Å²) in [6, 6.07) is 20.3. The fourth-order valence-corrected chi connectivity index (χ4v) is 3.76. The van der Waals surface area contributed by atoms with Gasteiger partial charge in [-0.2, -0.15) is 0 Å². The number of benzene rings is 2. The van der Waals surface area contributed by atoms with Gasteiger partial charge in [-0.25, -0.2) is 19.3 Å². The third-order valence-electron chi connectivity index (χ3n) is 5.38. The quantitative estimate of drug-likeness (QED) is 0.437. The van der Waals surface area contributed by atoms with E-state index in [0.29, 0.717) is 34.1 Å². The van der Waals surface area contributed by atoms with Gasteiger partial charge in [0, 0.05) is 11.8 Å². The predicted molar refractivity (Wildman–Crippen MR) is 122 cm³/mol. The molecule has 158 valence electrons. The Morgan fingerprint density at radius 3 is 2.53 bits per heavy atom. The van der Waals surface area contributed by atoms with Crippen LogP contribution in [0.25, 0.3) is 28.2 Å². The van der Waals surface area contributed by atoms with Gasteiger partial charge in [-0.1, -0.05) is 35.9 Å². The average Bonchev–Trinajstić information content (AvgIpc) is 3.18. The number of hydrogen-bond donors (Lipinski definition) is 0. The highest BCUT2D eigenvalue weighted by atomic mass is 16.4. The van der Waals surface area contributed by atoms with Crippen molar-refractivity contribution in [2.24, 2.45) is 0 Å². The van der Waals surface area contributed by atoms with Crippen molar-refractivity contribution in [3.8, 4) is 17.1 Å². The highest BCUT2D eigenvalue weighted by Crippen LogP contribution is 2.23. The summed E-state index contributed by atoms with van der Waals surface area (Å²) in [6.45, 7) is 3.77. The molecule has 7 heteroatoms. The average molecular weight is 424 g/mol. The number of aryl methyl sites for hydroxylation is 2. The Balaban J connectivity index is 1.68. The molecule has 0 aliphatic heterocycles. The number of aromatic nitrogens is 4. The van der Waals surface area contributed by atoms with E-state index in [-0.39, 0.29) is 6.54 Å². The van der Waals surface area contributed by atoms with E-state index in [1.54, 1.807) is 25.3 Å². The van der Waals surface area contributed by atoms with Crippen LogP contribution in [0.1, 0.15) is 17.0 Å². The van der Waals surface area contributed by atoms with Crippen molar-refractivity contribution in [1.82, 2.24) is 19.1 Å². The van der Waals surface area contributed by atoms with Crippen molar-refractivity contribution in [2.45, 2.75) is 20.4 Å². The number of para-hydroxylation sites is 1. The number of nitrogens with zero attached hydrogens (tertiary/aromatic N) is 4. The Morgan fingerprint density at radius 2 is 1.75 bits per heavy atom. The van der Waals surface area contributed by atoms with Crippen LogP contribution >= 0.6 is 0 Å². The Hall–Kier alpha value is -4.26. The lowest BCUT2D eigenvalue weighted by atomic mass is 10.1. The van der Waals surface area contributed by atoms with Gasteiger partial charge in [-0.15, -0.1) is 0 Å². The normalized spacial score (nSPS) is 11.2. The highest BCUT2D eigenvalue weighted by molar-refractivity contribution is 5.75. The van der Waals surface area contributed by atoms with Gasteiger partial charge in [0.05, 0.1) is 17.6 Å². The minimum absolute atomic E-state index is 0.00349. The molecule has 7 nitrogen and oxygen atoms in total. The van der Waals surface area contributed by atoms with Crippen LogP contribution in [0.2, 0.25) is 0 Å². The number of oxazole rings is 1. The topological polar surface area (TPSA) is 82.9 Å². The van der Waals surface area contributed by atoms with E-state index >= 15 is 0 Å². The summed E-state index contributed by atoms with van der Waals surface area (Å²) < 4.78 is 8.50. The van der Waals surface area contributed by atoms with Crippen molar-refractivity contribution in [3.63, 3.8) is 0 Å². The van der Waals surface area contributed by atoms with E-state index in [0.717, 1.165) is 11.1 Å². The zero-order chi connectivity index (χ0) is 22.2. The molecule has 5 rings (SSSR count). The Kier molecular flexibility index (Phi) is 4.78. The molecule has 0 saturated carbocycles. The number of rotatable bonds is 4. The SMILES string of the molecule is Cc1cccc(-c2nc(Cn3c(=O)c4cccnc4n(-c4ccccc4)c3=O)c(C)o2)c1. The van der Waals surface area contributed by atoms with Gasteiger partial charge >= 0.3 is 5.69 Å². The van der Waals surface area contributed by atoms with Gasteiger partial charge in [0.2, 0.25) is 5.89 Å². The van der Waals surface area contributed by atoms with Gasteiger partial charge in [-0.3, -0.25) is 9.36 Å². The summed E-state index contributed by atoms with van der Waals surface area (Å²) in [6.07, 6.45) is 1.57. The lowest BCUT2D eigenvalue weighted by Crippen LogP contribution is -2.40. The fraction of sp³-hybridized carbons (Fsp3) is 0.120. The van der Waals surface area contributed by atoms with E-state index in [1.165, 1.54) is 9.13 Å². The van der Waals surface area contributed by atoms with Crippen LogP contribution in [-0.2, 0) is 6.54 Å². The largest absolute Gasteiger partial charge is 0.441 e. The lowest BCUT2D eigenvalue weighted by Gasteiger charge is -2.12. The Morgan fingerprint density at radius 1 is 0.938 bits per heavy atom. The van der Waals surface area contributed by atoms with Crippen LogP contribution in [0.5, 0.6) is 0 Å². The van der Waals surface area contributed by atoms with Crippen LogP contribution in [0.4, 0.5) is 0 Å². The summed E-state index contributed by atoms with van der Waals surface area (Å²) >= 11 is 0. The highest BCUT2D eigenvalue weighted by Gasteiger charge is 2.19. The zero-order valence-corrected chi connectivity index (χ0v) is 17.6. The van der Waals surface area contributed by atoms with E-state index in [9.17, 15) is 9.59 Å². The number of fused-ring (bicyclic) bond motifs is 1. The smallest absolute Gasteiger partial charge is 0.337 e. The maximum absolute atomic E-state index is 13.5. The molecular weight excluding hydrogens is 404 g/mol. The molecule has 2 aromatic carbocycles. The monoisotopic (exact) mass is 424 g/mol. The van der Waals surface area contributed by atoms with Crippen LogP contribution in [0, 0.1) is 13.8 Å². The van der Waals surface area contributed by atoms with Crippen molar-refractivity contribution in [2.75, 3.05) is 0 Å². The molecule has 0 bridgehead atoms. The third-order valence-corrected chi connectivity index (χ3v) is 5.38. The molecule has 0 aliphatic carbocycles. The van der Waals surface area contributed by atoms with Gasteiger partial charge in [-0.05, 0) is 50.2 Å². The van der Waals surface area contributed by atoms with E-state index in [4.69, 9.17) is 4.42 Å². The van der Waals surface area contributed by atoms with Gasteiger partial charge < -0.3 is 4.42 Å². The summed E-state index contributed by atoms with van der Waals surface area (Å²) in [4.78, 5) is 35.6. The second-order valence-electron chi connectivity index (χ2n) is 7.61. The second-order valence-corrected chi connectivity index (χ2v) is 7.61. The summed E-state index contributed by atoms with van der Waals surface area (Å²) in [7, 11) is 0. The molecule has 0 atom stereocenters. The molecule has 0 amide bonds. The van der Waals surface area contributed by atoms with Crippen molar-refractivity contribution in [3.05, 3.63) is 111 Å². The van der Waals surface area contributed by atoms with Crippen LogP contribution in [0.3, 0.4) is 0 Å². The molecule has 32 heavy (non-hydrogen) atoms. The van der Waals surface area contributed by atoms with Crippen molar-refractivity contribution >= 4 is 11.0 Å². The summed E-state index contributed by atoms with van der Waals surface area (Å²) in [5.41, 5.74) is 2.52. The van der Waals surface area contributed by atoms with Crippen molar-refractivity contribution in [1.29, 1.82) is 0 Å². The molecule has 3 heterocycles. The summed E-state index contributed by atoms with van der Waals surface area (Å²) in [5, 5.41) is 0.357. The second kappa shape index (κ2) is 7.77. The van der Waals surface area contributed by atoms with E-state index in [2.05, 4.69) is 9.97 Å². The Bertz CT molecular complexity index is 1560. The standard InChI is InChI=1S/C25H20N4O3/c1-16-8-6-9-18(14-16)23-27-21(17(2)32-23)15-28-24(30)20-12-7-13-26-22(20)29(25(28)31)19-10-4-3-5-11-19/h3-14H,15H2,1-2H3. The maximum Gasteiger partial charge on any atom is 0.337 e. The first-order chi connectivity index (χ1) is 15.5. The minimum atomic E-state index is -0.480. The van der Waals surface area contributed by atoms with Crippen molar-refractivity contribution < 1.29 is 4.42 Å². The van der Waals surface area contributed by atoms with E-state index in [1.807, 2.05) is 61.5 Å². The van der Waals surface area contributed by atoms with Crippen LogP contribution in [-0.4, -0.2) is 19.1 Å². The molecule has 0 spiro atoms. The summed E-state index contributed by atoms with van der Waals surface area (Å²) in [5.74, 6) is 1.02. The molecule has 0 radical (unpaired) electrons. The molecule has 0 fully saturated rings.